The van der Waals surface area contributed by atoms with Gasteiger partial charge in [-0.1, -0.05) is 37.8 Å². The van der Waals surface area contributed by atoms with Crippen LogP contribution in [0.5, 0.6) is 0 Å². The summed E-state index contributed by atoms with van der Waals surface area (Å²) in [6, 6.07) is -0.133. The van der Waals surface area contributed by atoms with Crippen LogP contribution in [0.25, 0.3) is 0 Å². The van der Waals surface area contributed by atoms with Gasteiger partial charge in [-0.05, 0) is 18.5 Å². The van der Waals surface area contributed by atoms with Gasteiger partial charge in [0.25, 0.3) is 0 Å². The van der Waals surface area contributed by atoms with Crippen LogP contribution in [0, 0.1) is 5.21 Å². The van der Waals surface area contributed by atoms with Crippen molar-refractivity contribution in [3.8, 4) is 0 Å². The van der Waals surface area contributed by atoms with Crippen molar-refractivity contribution in [3.63, 3.8) is 0 Å². The van der Waals surface area contributed by atoms with Crippen molar-refractivity contribution in [1.82, 2.24) is 5.06 Å². The summed E-state index contributed by atoms with van der Waals surface area (Å²) >= 11 is 0. The summed E-state index contributed by atoms with van der Waals surface area (Å²) in [6.07, 6.45) is 9.46. The Labute approximate surface area is 73.5 Å². The maximum atomic E-state index is 11.4. The minimum atomic E-state index is -0.133. The standard InChI is InChI=1S/C10H14NO/c1-3-9(2)11(12)10-7-5-4-6-8-10/h5-8,10H,2-4H2,1H3/q-1. The van der Waals surface area contributed by atoms with Crippen molar-refractivity contribution in [2.24, 2.45) is 0 Å². The van der Waals surface area contributed by atoms with E-state index < -0.39 is 0 Å². The summed E-state index contributed by atoms with van der Waals surface area (Å²) in [5.74, 6) is 0. The van der Waals surface area contributed by atoms with Gasteiger partial charge in [-0.2, -0.15) is 0 Å². The van der Waals surface area contributed by atoms with Gasteiger partial charge in [-0.15, -0.1) is 0 Å². The fourth-order valence-electron chi connectivity index (χ4n) is 1.10. The molecular weight excluding hydrogens is 150 g/mol. The predicted molar refractivity (Wildman–Crippen MR) is 51.3 cm³/mol. The Morgan fingerprint density at radius 2 is 2.17 bits per heavy atom. The lowest BCUT2D eigenvalue weighted by atomic mass is 10.1. The van der Waals surface area contributed by atoms with Crippen LogP contribution in [0.1, 0.15) is 19.8 Å². The van der Waals surface area contributed by atoms with Gasteiger partial charge in [0.15, 0.2) is 0 Å². The molecule has 66 valence electrons. The van der Waals surface area contributed by atoms with Crippen LogP contribution in [-0.4, -0.2) is 11.1 Å². The molecule has 0 heterocycles. The summed E-state index contributed by atoms with van der Waals surface area (Å²) < 4.78 is 0. The molecule has 0 fully saturated rings. The first kappa shape index (κ1) is 9.07. The fraction of sp³-hybridized carbons (Fsp3) is 0.400. The van der Waals surface area contributed by atoms with Crippen LogP contribution in [0.3, 0.4) is 0 Å². The number of hydroxylamine groups is 2. The Morgan fingerprint density at radius 1 is 1.58 bits per heavy atom. The lowest BCUT2D eigenvalue weighted by molar-refractivity contribution is 0.435. The van der Waals surface area contributed by atoms with E-state index in [1.807, 2.05) is 31.2 Å². The number of hydrogen-bond donors (Lipinski definition) is 0. The zero-order valence-electron chi connectivity index (χ0n) is 7.36. The van der Waals surface area contributed by atoms with Crippen molar-refractivity contribution in [2.75, 3.05) is 0 Å². The topological polar surface area (TPSA) is 26.3 Å². The van der Waals surface area contributed by atoms with Crippen LogP contribution < -0.4 is 0 Å². The third-order valence-corrected chi connectivity index (χ3v) is 1.93. The van der Waals surface area contributed by atoms with Crippen LogP contribution in [0.4, 0.5) is 0 Å². The Balaban J connectivity index is 2.56. The van der Waals surface area contributed by atoms with Gasteiger partial charge >= 0.3 is 0 Å². The van der Waals surface area contributed by atoms with E-state index in [9.17, 15) is 5.21 Å². The van der Waals surface area contributed by atoms with Gasteiger partial charge in [0.05, 0.1) is 6.04 Å². The lowest BCUT2D eigenvalue weighted by Gasteiger charge is -2.38. The monoisotopic (exact) mass is 164 g/mol. The van der Waals surface area contributed by atoms with E-state index in [0.29, 0.717) is 12.1 Å². The molecule has 2 nitrogen and oxygen atoms in total. The van der Waals surface area contributed by atoms with Crippen LogP contribution in [0.2, 0.25) is 0 Å². The fourth-order valence-corrected chi connectivity index (χ4v) is 1.10. The average Bonchev–Trinajstić information content (AvgIpc) is 2.17. The highest BCUT2D eigenvalue weighted by molar-refractivity contribution is 5.17. The van der Waals surface area contributed by atoms with E-state index in [1.165, 1.54) is 0 Å². The van der Waals surface area contributed by atoms with Gasteiger partial charge in [0.1, 0.15) is 0 Å². The Kier molecular flexibility index (Phi) is 3.11. The molecule has 1 rings (SSSR count). The second-order valence-electron chi connectivity index (χ2n) is 2.83. The smallest absolute Gasteiger partial charge is 0.0546 e. The zero-order valence-corrected chi connectivity index (χ0v) is 7.36. The first-order valence-corrected chi connectivity index (χ1v) is 4.23. The molecule has 0 saturated carbocycles. The molecule has 0 aliphatic heterocycles. The molecule has 2 heteroatoms. The van der Waals surface area contributed by atoms with E-state index in [-0.39, 0.29) is 6.04 Å². The normalized spacial score (nSPS) is 16.5. The summed E-state index contributed by atoms with van der Waals surface area (Å²) in [7, 11) is 0. The number of hydrogen-bond acceptors (Lipinski definition) is 2. The highest BCUT2D eigenvalue weighted by Gasteiger charge is 2.05. The summed E-state index contributed by atoms with van der Waals surface area (Å²) in [4.78, 5) is 0. The largest absolute Gasteiger partial charge is 0.758 e. The summed E-state index contributed by atoms with van der Waals surface area (Å²) in [5, 5.41) is 12.4. The quantitative estimate of drug-likeness (QED) is 0.473. The van der Waals surface area contributed by atoms with Crippen LogP contribution in [-0.2, 0) is 0 Å². The highest BCUT2D eigenvalue weighted by Crippen LogP contribution is 2.14. The zero-order chi connectivity index (χ0) is 8.97. The Bertz CT molecular complexity index is 206. The molecule has 0 saturated heterocycles. The second kappa shape index (κ2) is 4.12. The van der Waals surface area contributed by atoms with E-state index in [0.717, 1.165) is 11.5 Å². The Morgan fingerprint density at radius 3 is 2.67 bits per heavy atom. The molecule has 1 aliphatic carbocycles. The van der Waals surface area contributed by atoms with Crippen molar-refractivity contribution < 1.29 is 0 Å². The molecular formula is C10H14NO-. The van der Waals surface area contributed by atoms with Gasteiger partial charge < -0.3 is 10.3 Å². The van der Waals surface area contributed by atoms with Gasteiger partial charge in [-0.25, -0.2) is 0 Å². The molecule has 0 aromatic heterocycles. The van der Waals surface area contributed by atoms with Crippen molar-refractivity contribution in [1.29, 1.82) is 0 Å². The van der Waals surface area contributed by atoms with Crippen LogP contribution in [0.15, 0.2) is 36.6 Å². The third-order valence-electron chi connectivity index (χ3n) is 1.93. The van der Waals surface area contributed by atoms with E-state index in [2.05, 4.69) is 6.58 Å². The SMILES string of the molecule is C=C(CC)N([O-])C1C=CCC=C1. The third kappa shape index (κ3) is 1.98. The lowest BCUT2D eigenvalue weighted by Crippen LogP contribution is -2.25. The summed E-state index contributed by atoms with van der Waals surface area (Å²) in [5.41, 5.74) is 0.635. The molecule has 0 bridgehead atoms. The van der Waals surface area contributed by atoms with E-state index >= 15 is 0 Å². The molecule has 0 radical (unpaired) electrons. The molecule has 0 aromatic carbocycles. The van der Waals surface area contributed by atoms with Gasteiger partial charge in [-0.3, -0.25) is 0 Å². The Hall–Kier alpha value is -1.02. The number of nitrogens with zero attached hydrogens (tertiary/aromatic N) is 1. The highest BCUT2D eigenvalue weighted by atomic mass is 16.5. The van der Waals surface area contributed by atoms with Crippen molar-refractivity contribution in [2.45, 2.75) is 25.8 Å². The molecule has 0 spiro atoms. The maximum absolute atomic E-state index is 11.4. The van der Waals surface area contributed by atoms with Gasteiger partial charge in [0, 0.05) is 0 Å². The predicted octanol–water partition coefficient (Wildman–Crippen LogP) is 2.59. The van der Waals surface area contributed by atoms with Crippen molar-refractivity contribution in [3.05, 3.63) is 41.8 Å². The van der Waals surface area contributed by atoms with E-state index in [1.54, 1.807) is 0 Å². The first-order valence-electron chi connectivity index (χ1n) is 4.23. The molecule has 0 unspecified atom stereocenters. The molecule has 0 atom stereocenters. The average molecular weight is 164 g/mol. The summed E-state index contributed by atoms with van der Waals surface area (Å²) in [6.45, 7) is 5.63. The van der Waals surface area contributed by atoms with Gasteiger partial charge in [0.2, 0.25) is 0 Å². The van der Waals surface area contributed by atoms with Crippen LogP contribution >= 0.6 is 0 Å². The van der Waals surface area contributed by atoms with E-state index in [4.69, 9.17) is 0 Å². The number of allylic oxidation sites excluding steroid dienone is 3. The molecule has 0 amide bonds. The molecule has 1 aliphatic rings. The minimum Gasteiger partial charge on any atom is -0.758 e. The molecule has 0 N–H and O–H groups in total. The maximum Gasteiger partial charge on any atom is 0.0546 e. The van der Waals surface area contributed by atoms with Crippen molar-refractivity contribution >= 4 is 0 Å². The number of rotatable bonds is 3. The molecule has 12 heavy (non-hydrogen) atoms. The molecule has 0 aromatic rings. The minimum absolute atomic E-state index is 0.133. The second-order valence-corrected chi connectivity index (χ2v) is 2.83. The first-order chi connectivity index (χ1) is 5.75.